The predicted octanol–water partition coefficient (Wildman–Crippen LogP) is 21.4. The van der Waals surface area contributed by atoms with Crippen molar-refractivity contribution in [1.29, 1.82) is 0 Å². The number of fused-ring (bicyclic) bond motifs is 10. The van der Waals surface area contributed by atoms with E-state index in [2.05, 4.69) is 227 Å². The molecule has 0 aliphatic rings. The van der Waals surface area contributed by atoms with Gasteiger partial charge in [0.15, 0.2) is 0 Å². The second kappa shape index (κ2) is 13.5. The first-order chi connectivity index (χ1) is 39.1. The van der Waals surface area contributed by atoms with E-state index in [0.29, 0.717) is 0 Å². The van der Waals surface area contributed by atoms with Crippen molar-refractivity contribution >= 4 is 173 Å². The molecule has 0 saturated carbocycles. The summed E-state index contributed by atoms with van der Waals surface area (Å²) in [5.41, 5.74) is 12.2. The molecule has 3 N–H and O–H groups in total. The molecule has 3 heteroatoms. The van der Waals surface area contributed by atoms with E-state index in [0.717, 1.165) is 11.4 Å². The monoisotopic (exact) mass is 993 g/mol. The Balaban J connectivity index is 0.718. The summed E-state index contributed by atoms with van der Waals surface area (Å²) in [6.07, 6.45) is 2.01. The Hall–Kier alpha value is -10.5. The number of rotatable bonds is 4. The van der Waals surface area contributed by atoms with E-state index < -0.39 is 0 Å². The summed E-state index contributed by atoms with van der Waals surface area (Å²) >= 11 is 0. The number of aromatic amines is 3. The largest absolute Gasteiger partial charge is 0.361 e. The van der Waals surface area contributed by atoms with Crippen LogP contribution in [0.25, 0.3) is 218 Å². The number of nitrogens with one attached hydrogen (secondary N) is 3. The van der Waals surface area contributed by atoms with Crippen LogP contribution in [0.1, 0.15) is 0 Å². The third-order valence-corrected chi connectivity index (χ3v) is 19.2. The van der Waals surface area contributed by atoms with Crippen LogP contribution >= 0.6 is 0 Å². The van der Waals surface area contributed by atoms with Crippen LogP contribution in [0.2, 0.25) is 0 Å². The minimum atomic E-state index is 1.14. The van der Waals surface area contributed by atoms with Gasteiger partial charge in [-0.2, -0.15) is 0 Å². The lowest BCUT2D eigenvalue weighted by molar-refractivity contribution is 1.41. The first-order valence-electron chi connectivity index (χ1n) is 27.6. The van der Waals surface area contributed by atoms with Gasteiger partial charge in [-0.3, -0.25) is 0 Å². The molecule has 18 aromatic carbocycles. The van der Waals surface area contributed by atoms with Gasteiger partial charge in [-0.1, -0.05) is 176 Å². The normalized spacial score (nSPS) is 13.1. The lowest BCUT2D eigenvalue weighted by Crippen LogP contribution is -1.92. The Morgan fingerprint density at radius 1 is 0.190 bits per heavy atom. The van der Waals surface area contributed by atoms with E-state index in [-0.39, 0.29) is 0 Å². The molecule has 0 aliphatic heterocycles. The van der Waals surface area contributed by atoms with Gasteiger partial charge in [0.05, 0.1) is 11.0 Å². The summed E-state index contributed by atoms with van der Waals surface area (Å²) in [6, 6.07) is 81.2. The SMILES string of the molecule is c1c[nH]c(-c2ccc3ccc4c(-c5cc6c7cc8ccc9c(-c%10ccc%11ccc%12c(-c%13cc%14c%15cc%16ccc%17cccc%18ccc(c%15c%14[nH]%13)c%16c%17%18)ccc%13ccc%10c%11c%13%12)ccc%10ccc(c7c6[nH]5)c8c%109)ccc5ccc2c3c54)c1. The molecule has 0 aliphatic carbocycles. The standard InChI is InChI=1S/C76H39N3/c1-3-37-6-7-44-33-58-60-35-63(78-75(60)73(58)56-30-17-38(4-1)65(37)71(44)56)49-23-11-42-13-25-51-46(20-8-39-15-27-54(49)69(42)66(39)51)47-21-9-40-18-31-57-72-45(19-29-52(47)67(40)72)34-59-61-36-64(79-76(61)74(57)59)50-24-12-43-14-26-53-48(62-5-2-32-77-62)22-10-41-16-28-55(50)70(43)68(41)53/h1-36,77-79H. The molecule has 0 fully saturated rings. The van der Waals surface area contributed by atoms with E-state index in [1.54, 1.807) is 0 Å². The van der Waals surface area contributed by atoms with Gasteiger partial charge < -0.3 is 15.0 Å². The first kappa shape index (κ1) is 39.9. The predicted molar refractivity (Wildman–Crippen MR) is 338 cm³/mol. The highest BCUT2D eigenvalue weighted by atomic mass is 14.7. The summed E-state index contributed by atoms with van der Waals surface area (Å²) in [5, 5.41) is 39.3. The molecule has 0 saturated heterocycles. The minimum Gasteiger partial charge on any atom is -0.361 e. The van der Waals surface area contributed by atoms with Crippen LogP contribution in [0.3, 0.4) is 0 Å². The third-order valence-electron chi connectivity index (χ3n) is 19.2. The molecule has 21 rings (SSSR count). The van der Waals surface area contributed by atoms with Crippen molar-refractivity contribution < 1.29 is 0 Å². The highest BCUT2D eigenvalue weighted by Gasteiger charge is 2.25. The highest BCUT2D eigenvalue weighted by molar-refractivity contribution is 6.42. The van der Waals surface area contributed by atoms with Crippen LogP contribution in [0, 0.1) is 0 Å². The topological polar surface area (TPSA) is 47.4 Å². The van der Waals surface area contributed by atoms with Gasteiger partial charge in [0.25, 0.3) is 0 Å². The van der Waals surface area contributed by atoms with Crippen molar-refractivity contribution in [2.24, 2.45) is 0 Å². The molecule has 79 heavy (non-hydrogen) atoms. The van der Waals surface area contributed by atoms with Crippen LogP contribution in [-0.4, -0.2) is 15.0 Å². The average Bonchev–Trinajstić information content (AvgIpc) is 4.42. The summed E-state index contributed by atoms with van der Waals surface area (Å²) in [6.45, 7) is 0. The Labute approximate surface area is 448 Å². The van der Waals surface area contributed by atoms with Gasteiger partial charge in [0.1, 0.15) is 0 Å². The zero-order valence-corrected chi connectivity index (χ0v) is 42.3. The Morgan fingerprint density at radius 2 is 0.519 bits per heavy atom. The quantitative estimate of drug-likeness (QED) is 0.147. The second-order valence-corrected chi connectivity index (χ2v) is 22.8. The van der Waals surface area contributed by atoms with Crippen molar-refractivity contribution in [1.82, 2.24) is 15.0 Å². The molecule has 3 heterocycles. The molecule has 358 valence electrons. The van der Waals surface area contributed by atoms with Crippen molar-refractivity contribution in [3.8, 4) is 44.9 Å². The average molecular weight is 994 g/mol. The Morgan fingerprint density at radius 3 is 0.962 bits per heavy atom. The zero-order valence-electron chi connectivity index (χ0n) is 42.3. The number of hydrogen-bond acceptors (Lipinski definition) is 0. The summed E-state index contributed by atoms with van der Waals surface area (Å²) in [5.74, 6) is 0. The van der Waals surface area contributed by atoms with Gasteiger partial charge >= 0.3 is 0 Å². The lowest BCUT2D eigenvalue weighted by atomic mass is 9.84. The van der Waals surface area contributed by atoms with E-state index in [1.165, 1.54) is 206 Å². The maximum absolute atomic E-state index is 4.00. The molecule has 3 aromatic heterocycles. The molecule has 3 nitrogen and oxygen atoms in total. The molecule has 0 atom stereocenters. The van der Waals surface area contributed by atoms with E-state index in [9.17, 15) is 0 Å². The minimum absolute atomic E-state index is 1.14. The fourth-order valence-corrected chi connectivity index (χ4v) is 15.8. The van der Waals surface area contributed by atoms with Gasteiger partial charge in [-0.25, -0.2) is 0 Å². The number of hydrogen-bond donors (Lipinski definition) is 3. The van der Waals surface area contributed by atoms with Crippen LogP contribution in [0.4, 0.5) is 0 Å². The summed E-state index contributed by atoms with van der Waals surface area (Å²) < 4.78 is 0. The van der Waals surface area contributed by atoms with Crippen molar-refractivity contribution in [2.75, 3.05) is 0 Å². The summed E-state index contributed by atoms with van der Waals surface area (Å²) in [4.78, 5) is 11.4. The third kappa shape index (κ3) is 4.73. The van der Waals surface area contributed by atoms with Crippen molar-refractivity contribution in [2.45, 2.75) is 0 Å². The van der Waals surface area contributed by atoms with E-state index >= 15 is 0 Å². The molecule has 21 aromatic rings. The lowest BCUT2D eigenvalue weighted by Gasteiger charge is -2.19. The van der Waals surface area contributed by atoms with Gasteiger partial charge in [-0.05, 0) is 188 Å². The van der Waals surface area contributed by atoms with E-state index in [1.807, 2.05) is 6.20 Å². The van der Waals surface area contributed by atoms with Gasteiger partial charge in [-0.15, -0.1) is 0 Å². The second-order valence-electron chi connectivity index (χ2n) is 22.8. The number of H-pyrrole nitrogens is 3. The van der Waals surface area contributed by atoms with Gasteiger partial charge in [0.2, 0.25) is 0 Å². The Kier molecular flexibility index (Phi) is 6.84. The molecule has 0 spiro atoms. The van der Waals surface area contributed by atoms with Crippen molar-refractivity contribution in [3.05, 3.63) is 219 Å². The Bertz CT molecular complexity index is 6190. The fourth-order valence-electron chi connectivity index (χ4n) is 15.8. The molecular weight excluding hydrogens is 955 g/mol. The maximum Gasteiger partial charge on any atom is 0.0551 e. The zero-order chi connectivity index (χ0) is 50.7. The number of aromatic nitrogens is 3. The van der Waals surface area contributed by atoms with Gasteiger partial charge in [0, 0.05) is 61.5 Å². The van der Waals surface area contributed by atoms with Crippen LogP contribution in [0.15, 0.2) is 219 Å². The van der Waals surface area contributed by atoms with Crippen LogP contribution < -0.4 is 0 Å². The first-order valence-corrected chi connectivity index (χ1v) is 27.6. The maximum atomic E-state index is 4.00. The molecular formula is C76H39N3. The fraction of sp³-hybridized carbons (Fsp3) is 0. The molecule has 0 unspecified atom stereocenters. The van der Waals surface area contributed by atoms with Crippen LogP contribution in [0.5, 0.6) is 0 Å². The van der Waals surface area contributed by atoms with Crippen molar-refractivity contribution in [3.63, 3.8) is 0 Å². The smallest absolute Gasteiger partial charge is 0.0551 e. The number of benzene rings is 16. The summed E-state index contributed by atoms with van der Waals surface area (Å²) in [7, 11) is 0. The highest BCUT2D eigenvalue weighted by Crippen LogP contribution is 2.52. The molecule has 0 radical (unpaired) electrons. The molecule has 0 amide bonds. The van der Waals surface area contributed by atoms with E-state index in [4.69, 9.17) is 0 Å². The molecule has 0 bridgehead atoms. The van der Waals surface area contributed by atoms with Crippen LogP contribution in [-0.2, 0) is 0 Å².